The van der Waals surface area contributed by atoms with Gasteiger partial charge in [-0.25, -0.2) is 4.79 Å². The van der Waals surface area contributed by atoms with Crippen LogP contribution in [-0.2, 0) is 16.5 Å². The predicted molar refractivity (Wildman–Crippen MR) is 98.9 cm³/mol. The van der Waals surface area contributed by atoms with E-state index in [0.717, 1.165) is 25.3 Å². The van der Waals surface area contributed by atoms with Crippen molar-refractivity contribution in [3.63, 3.8) is 0 Å². The Hall–Kier alpha value is -3.10. The van der Waals surface area contributed by atoms with Gasteiger partial charge >= 0.3 is 17.8 Å². The fourth-order valence-electron chi connectivity index (χ4n) is 2.83. The van der Waals surface area contributed by atoms with Crippen molar-refractivity contribution in [2.45, 2.75) is 39.0 Å². The third kappa shape index (κ3) is 4.67. The van der Waals surface area contributed by atoms with Gasteiger partial charge in [0.25, 0.3) is 0 Å². The van der Waals surface area contributed by atoms with Crippen LogP contribution in [0.2, 0.25) is 0 Å². The quantitative estimate of drug-likeness (QED) is 0.361. The van der Waals surface area contributed by atoms with Gasteiger partial charge in [0.15, 0.2) is 5.75 Å². The summed E-state index contributed by atoms with van der Waals surface area (Å²) >= 11 is 0. The third-order valence-electron chi connectivity index (χ3n) is 4.72. The van der Waals surface area contributed by atoms with Crippen LogP contribution in [-0.4, -0.2) is 18.0 Å². The van der Waals surface area contributed by atoms with Gasteiger partial charge in [-0.2, -0.15) is 13.2 Å². The van der Waals surface area contributed by atoms with E-state index in [1.165, 1.54) is 18.2 Å². The minimum atomic E-state index is -4.53. The van der Waals surface area contributed by atoms with E-state index in [2.05, 4.69) is 4.74 Å². The standard InChI is InChI=1S/C20H20F3NO5/c1-5-19(3,13-7-6-8-14(10-13)20(21,22)23)29-17-9-12(2)15(18(25)28-4)11-16(17)24(26)27/h6-11H,5H2,1-4H3. The highest BCUT2D eigenvalue weighted by atomic mass is 19.4. The lowest BCUT2D eigenvalue weighted by atomic mass is 9.91. The number of methoxy groups -OCH3 is 1. The zero-order valence-electron chi connectivity index (χ0n) is 16.3. The molecule has 0 aliphatic rings. The molecule has 0 aromatic heterocycles. The molecule has 0 aliphatic heterocycles. The number of carbonyl (C=O) groups excluding carboxylic acids is 1. The summed E-state index contributed by atoms with van der Waals surface area (Å²) in [6, 6.07) is 6.99. The van der Waals surface area contributed by atoms with Gasteiger partial charge in [-0.1, -0.05) is 19.1 Å². The van der Waals surface area contributed by atoms with E-state index in [4.69, 9.17) is 4.74 Å². The summed E-state index contributed by atoms with van der Waals surface area (Å²) in [6.45, 7) is 4.80. The molecule has 0 heterocycles. The van der Waals surface area contributed by atoms with Crippen molar-refractivity contribution in [2.75, 3.05) is 7.11 Å². The Balaban J connectivity index is 2.56. The number of ether oxygens (including phenoxy) is 2. The van der Waals surface area contributed by atoms with Crippen molar-refractivity contribution >= 4 is 11.7 Å². The number of halogens is 3. The molecule has 2 aromatic carbocycles. The molecule has 156 valence electrons. The van der Waals surface area contributed by atoms with Gasteiger partial charge in [0.1, 0.15) is 5.60 Å². The maximum atomic E-state index is 13.1. The second kappa shape index (κ2) is 8.10. The van der Waals surface area contributed by atoms with Crippen molar-refractivity contribution in [3.8, 4) is 5.75 Å². The highest BCUT2D eigenvalue weighted by Crippen LogP contribution is 2.39. The summed E-state index contributed by atoms with van der Waals surface area (Å²) in [4.78, 5) is 22.6. The molecular formula is C20H20F3NO5. The molecule has 2 rings (SSSR count). The van der Waals surface area contributed by atoms with Crippen LogP contribution in [0.25, 0.3) is 0 Å². The number of nitrogens with zero attached hydrogens (tertiary/aromatic N) is 1. The van der Waals surface area contributed by atoms with E-state index in [9.17, 15) is 28.1 Å². The lowest BCUT2D eigenvalue weighted by Crippen LogP contribution is -2.29. The van der Waals surface area contributed by atoms with Crippen molar-refractivity contribution in [1.82, 2.24) is 0 Å². The van der Waals surface area contributed by atoms with Gasteiger partial charge in [-0.3, -0.25) is 10.1 Å². The number of hydrogen-bond donors (Lipinski definition) is 0. The molecule has 0 spiro atoms. The van der Waals surface area contributed by atoms with Gasteiger partial charge in [0, 0.05) is 6.07 Å². The molecule has 29 heavy (non-hydrogen) atoms. The number of benzene rings is 2. The molecule has 1 atom stereocenters. The van der Waals surface area contributed by atoms with Crippen LogP contribution in [0.3, 0.4) is 0 Å². The largest absolute Gasteiger partial charge is 0.476 e. The second-order valence-electron chi connectivity index (χ2n) is 6.65. The summed E-state index contributed by atoms with van der Waals surface area (Å²) in [7, 11) is 1.15. The minimum absolute atomic E-state index is 0.00354. The summed E-state index contributed by atoms with van der Waals surface area (Å²) in [5.74, 6) is -0.893. The van der Waals surface area contributed by atoms with E-state index in [1.807, 2.05) is 0 Å². The second-order valence-corrected chi connectivity index (χ2v) is 6.65. The van der Waals surface area contributed by atoms with Gasteiger partial charge in [-0.15, -0.1) is 0 Å². The van der Waals surface area contributed by atoms with Gasteiger partial charge < -0.3 is 9.47 Å². The number of nitro benzene ring substituents is 1. The molecule has 0 radical (unpaired) electrons. The van der Waals surface area contributed by atoms with Crippen molar-refractivity contribution in [1.29, 1.82) is 0 Å². The van der Waals surface area contributed by atoms with Crippen molar-refractivity contribution in [2.24, 2.45) is 0 Å². The van der Waals surface area contributed by atoms with Crippen molar-refractivity contribution in [3.05, 3.63) is 68.8 Å². The van der Waals surface area contributed by atoms with Crippen LogP contribution in [0.4, 0.5) is 18.9 Å². The molecule has 0 bridgehead atoms. The highest BCUT2D eigenvalue weighted by molar-refractivity contribution is 5.92. The lowest BCUT2D eigenvalue weighted by Gasteiger charge is -2.30. The Kier molecular flexibility index (Phi) is 6.20. The van der Waals surface area contributed by atoms with E-state index < -0.39 is 33.9 Å². The number of aryl methyl sites for hydroxylation is 1. The molecule has 0 N–H and O–H groups in total. The van der Waals surface area contributed by atoms with Crippen LogP contribution in [0.15, 0.2) is 36.4 Å². The molecule has 0 saturated heterocycles. The van der Waals surface area contributed by atoms with E-state index >= 15 is 0 Å². The van der Waals surface area contributed by atoms with Crippen LogP contribution in [0.5, 0.6) is 5.75 Å². The first-order valence-corrected chi connectivity index (χ1v) is 8.67. The van der Waals surface area contributed by atoms with Crippen LogP contribution in [0, 0.1) is 17.0 Å². The number of alkyl halides is 3. The lowest BCUT2D eigenvalue weighted by molar-refractivity contribution is -0.386. The SMILES string of the molecule is CCC(C)(Oc1cc(C)c(C(=O)OC)cc1[N+](=O)[O-])c1cccc(C(F)(F)F)c1. The topological polar surface area (TPSA) is 78.7 Å². The first-order chi connectivity index (χ1) is 13.4. The Morgan fingerprint density at radius 2 is 1.79 bits per heavy atom. The van der Waals surface area contributed by atoms with Gasteiger partial charge in [0.2, 0.25) is 0 Å². The average Bonchev–Trinajstić information content (AvgIpc) is 2.66. The van der Waals surface area contributed by atoms with E-state index in [0.29, 0.717) is 5.56 Å². The predicted octanol–water partition coefficient (Wildman–Crippen LogP) is 5.41. The first-order valence-electron chi connectivity index (χ1n) is 8.67. The highest BCUT2D eigenvalue weighted by Gasteiger charge is 2.35. The van der Waals surface area contributed by atoms with E-state index in [1.54, 1.807) is 20.8 Å². The molecule has 2 aromatic rings. The third-order valence-corrected chi connectivity index (χ3v) is 4.72. The summed E-state index contributed by atoms with van der Waals surface area (Å²) in [5, 5.41) is 11.5. The number of rotatable bonds is 6. The zero-order chi connectivity index (χ0) is 22.0. The molecule has 9 heteroatoms. The smallest absolute Gasteiger partial charge is 0.416 e. The van der Waals surface area contributed by atoms with E-state index in [-0.39, 0.29) is 23.3 Å². The molecule has 0 saturated carbocycles. The Morgan fingerprint density at radius 3 is 2.31 bits per heavy atom. The fourth-order valence-corrected chi connectivity index (χ4v) is 2.83. The summed E-state index contributed by atoms with van der Waals surface area (Å²) in [5.41, 5.74) is -2.00. The molecule has 6 nitrogen and oxygen atoms in total. The minimum Gasteiger partial charge on any atom is -0.476 e. The van der Waals surface area contributed by atoms with Gasteiger partial charge in [-0.05, 0) is 49.6 Å². The number of hydrogen-bond acceptors (Lipinski definition) is 5. The average molecular weight is 411 g/mol. The number of esters is 1. The first kappa shape index (κ1) is 22.2. The molecule has 0 fully saturated rings. The van der Waals surface area contributed by atoms with Crippen molar-refractivity contribution < 1.29 is 32.4 Å². The van der Waals surface area contributed by atoms with Crippen LogP contribution in [0.1, 0.15) is 47.3 Å². The van der Waals surface area contributed by atoms with Crippen LogP contribution >= 0.6 is 0 Å². The Bertz CT molecular complexity index is 942. The maximum absolute atomic E-state index is 13.1. The molecular weight excluding hydrogens is 391 g/mol. The molecule has 1 unspecified atom stereocenters. The Morgan fingerprint density at radius 1 is 1.17 bits per heavy atom. The van der Waals surface area contributed by atoms with Crippen LogP contribution < -0.4 is 4.74 Å². The zero-order valence-corrected chi connectivity index (χ0v) is 16.3. The normalized spacial score (nSPS) is 13.5. The number of carbonyl (C=O) groups is 1. The molecule has 0 amide bonds. The monoisotopic (exact) mass is 411 g/mol. The Labute approximate surface area is 165 Å². The fraction of sp³-hybridized carbons (Fsp3) is 0.350. The molecule has 0 aliphatic carbocycles. The summed E-state index contributed by atoms with van der Waals surface area (Å²) < 4.78 is 49.8. The summed E-state index contributed by atoms with van der Waals surface area (Å²) in [6.07, 6.45) is -4.29. The maximum Gasteiger partial charge on any atom is 0.416 e. The van der Waals surface area contributed by atoms with Gasteiger partial charge in [0.05, 0.1) is 23.2 Å². The number of nitro groups is 1.